The van der Waals surface area contributed by atoms with Crippen molar-refractivity contribution in [3.8, 4) is 0 Å². The van der Waals surface area contributed by atoms with Crippen LogP contribution in [0.3, 0.4) is 0 Å². The van der Waals surface area contributed by atoms with E-state index in [4.69, 9.17) is 0 Å². The Morgan fingerprint density at radius 1 is 0.500 bits per heavy atom. The lowest BCUT2D eigenvalue weighted by Crippen LogP contribution is -1.84. The van der Waals surface area contributed by atoms with E-state index in [-0.39, 0.29) is 0 Å². The molecule has 3 aromatic rings. The Morgan fingerprint density at radius 3 is 1.33 bits per heavy atom. The highest BCUT2D eigenvalue weighted by Crippen LogP contribution is 2.58. The van der Waals surface area contributed by atoms with Crippen molar-refractivity contribution in [1.29, 1.82) is 0 Å². The summed E-state index contributed by atoms with van der Waals surface area (Å²) in [5.41, 5.74) is 5.17. The van der Waals surface area contributed by atoms with Crippen molar-refractivity contribution in [3.05, 3.63) is 116 Å². The maximum absolute atomic E-state index is 2.28. The number of aryl methyl sites for hydroxylation is 2. The molecule has 0 aliphatic carbocycles. The second-order valence-corrected chi connectivity index (χ2v) is 12.0. The summed E-state index contributed by atoms with van der Waals surface area (Å²) in [4.78, 5) is 5.42. The third kappa shape index (κ3) is 4.33. The Balaban J connectivity index is 1.45. The molecule has 5 rings (SSSR count). The average molecular weight is 461 g/mol. The van der Waals surface area contributed by atoms with Crippen molar-refractivity contribution in [2.45, 2.75) is 23.6 Å². The van der Waals surface area contributed by atoms with E-state index in [1.807, 2.05) is 47.0 Å². The van der Waals surface area contributed by atoms with Crippen molar-refractivity contribution in [2.75, 3.05) is 0 Å². The zero-order valence-electron chi connectivity index (χ0n) is 16.7. The minimum Gasteiger partial charge on any atom is -0.0815 e. The van der Waals surface area contributed by atoms with Gasteiger partial charge in [0.2, 0.25) is 0 Å². The van der Waals surface area contributed by atoms with Gasteiger partial charge in [-0.25, -0.2) is 0 Å². The summed E-state index contributed by atoms with van der Waals surface area (Å²) in [6.45, 7) is 4.28. The number of allylic oxidation sites excluding steroid dienone is 2. The maximum Gasteiger partial charge on any atom is 0.0500 e. The fourth-order valence-corrected chi connectivity index (χ4v) is 8.04. The largest absolute Gasteiger partial charge is 0.0815 e. The van der Waals surface area contributed by atoms with E-state index < -0.39 is 0 Å². The predicted molar refractivity (Wildman–Crippen MR) is 139 cm³/mol. The highest BCUT2D eigenvalue weighted by Gasteiger charge is 2.24. The standard InChI is InChI=1S/C26H20S4/c1-17-7-11-19(12-8-17)25-26(20-13-9-18(2)10-14-20)30-24(29-25)16-15-23-27-21-5-3-4-6-22(21)28-23/h3-16H,1-2H3. The summed E-state index contributed by atoms with van der Waals surface area (Å²) in [5.74, 6) is 0. The van der Waals surface area contributed by atoms with Crippen LogP contribution in [-0.2, 0) is 0 Å². The van der Waals surface area contributed by atoms with Crippen LogP contribution in [0.25, 0.3) is 9.81 Å². The van der Waals surface area contributed by atoms with E-state index in [2.05, 4.69) is 98.8 Å². The van der Waals surface area contributed by atoms with Crippen molar-refractivity contribution in [3.63, 3.8) is 0 Å². The van der Waals surface area contributed by atoms with Crippen molar-refractivity contribution in [1.82, 2.24) is 0 Å². The molecule has 0 radical (unpaired) electrons. The van der Waals surface area contributed by atoms with Gasteiger partial charge in [-0.1, -0.05) is 119 Å². The Morgan fingerprint density at radius 2 is 0.900 bits per heavy atom. The van der Waals surface area contributed by atoms with Crippen LogP contribution in [-0.4, -0.2) is 0 Å². The molecule has 148 valence electrons. The molecule has 0 nitrogen and oxygen atoms in total. The summed E-state index contributed by atoms with van der Waals surface area (Å²) in [6.07, 6.45) is 4.56. The molecule has 0 N–H and O–H groups in total. The van der Waals surface area contributed by atoms with Crippen LogP contribution < -0.4 is 0 Å². The quantitative estimate of drug-likeness (QED) is 0.382. The van der Waals surface area contributed by atoms with Gasteiger partial charge >= 0.3 is 0 Å². The SMILES string of the molecule is Cc1ccc(C2=C(c3ccc(C)cc3)SC(=CC=C3Sc4ccccc4S3)S2)cc1. The molecule has 4 heteroatoms. The lowest BCUT2D eigenvalue weighted by molar-refractivity contribution is 1.27. The Bertz CT molecular complexity index is 1100. The molecule has 2 aliphatic rings. The minimum absolute atomic E-state index is 1.29. The second-order valence-electron chi connectivity index (χ2n) is 7.22. The fraction of sp³-hybridized carbons (Fsp3) is 0.0769. The molecule has 0 amide bonds. The number of rotatable bonds is 3. The molecule has 3 aromatic carbocycles. The molecule has 0 aromatic heterocycles. The van der Waals surface area contributed by atoms with E-state index >= 15 is 0 Å². The first kappa shape index (κ1) is 20.2. The van der Waals surface area contributed by atoms with E-state index in [0.717, 1.165) is 0 Å². The highest BCUT2D eigenvalue weighted by molar-refractivity contribution is 8.34. The number of hydrogen-bond acceptors (Lipinski definition) is 4. The van der Waals surface area contributed by atoms with E-state index in [1.165, 1.54) is 50.3 Å². The number of fused-ring (bicyclic) bond motifs is 1. The van der Waals surface area contributed by atoms with Crippen LogP contribution in [0.2, 0.25) is 0 Å². The van der Waals surface area contributed by atoms with Gasteiger partial charge in [-0.15, -0.1) is 0 Å². The molecule has 0 fully saturated rings. The lowest BCUT2D eigenvalue weighted by atomic mass is 10.1. The lowest BCUT2D eigenvalue weighted by Gasteiger charge is -2.07. The summed E-state index contributed by atoms with van der Waals surface area (Å²) in [5, 5.41) is 0. The van der Waals surface area contributed by atoms with Gasteiger partial charge in [0, 0.05) is 23.8 Å². The molecule has 0 saturated carbocycles. The van der Waals surface area contributed by atoms with Gasteiger partial charge < -0.3 is 0 Å². The smallest absolute Gasteiger partial charge is 0.0500 e. The topological polar surface area (TPSA) is 0 Å². The Hall–Kier alpha value is -1.72. The van der Waals surface area contributed by atoms with Gasteiger partial charge in [0.15, 0.2) is 0 Å². The van der Waals surface area contributed by atoms with Crippen LogP contribution in [0.5, 0.6) is 0 Å². The Kier molecular flexibility index (Phi) is 5.92. The average Bonchev–Trinajstić information content (AvgIpc) is 3.37. The van der Waals surface area contributed by atoms with Gasteiger partial charge in [0.25, 0.3) is 0 Å². The van der Waals surface area contributed by atoms with E-state index in [1.54, 1.807) is 0 Å². The van der Waals surface area contributed by atoms with Crippen LogP contribution >= 0.6 is 47.0 Å². The van der Waals surface area contributed by atoms with Crippen molar-refractivity contribution in [2.24, 2.45) is 0 Å². The molecule has 30 heavy (non-hydrogen) atoms. The zero-order valence-corrected chi connectivity index (χ0v) is 20.0. The predicted octanol–water partition coefficient (Wildman–Crippen LogP) is 9.19. The van der Waals surface area contributed by atoms with Gasteiger partial charge in [-0.2, -0.15) is 0 Å². The molecule has 2 aliphatic heterocycles. The van der Waals surface area contributed by atoms with E-state index in [0.29, 0.717) is 0 Å². The van der Waals surface area contributed by atoms with Crippen molar-refractivity contribution >= 4 is 56.9 Å². The molecule has 0 unspecified atom stereocenters. The minimum atomic E-state index is 1.29. The number of benzene rings is 3. The fourth-order valence-electron chi connectivity index (χ4n) is 3.23. The first-order valence-electron chi connectivity index (χ1n) is 9.76. The molecule has 2 heterocycles. The molecule has 0 saturated heterocycles. The summed E-state index contributed by atoms with van der Waals surface area (Å²) in [7, 11) is 0. The normalized spacial score (nSPS) is 15.5. The van der Waals surface area contributed by atoms with Crippen LogP contribution in [0.15, 0.2) is 103 Å². The maximum atomic E-state index is 2.28. The van der Waals surface area contributed by atoms with Crippen LogP contribution in [0, 0.1) is 13.8 Å². The summed E-state index contributed by atoms with van der Waals surface area (Å²) >= 11 is 7.50. The van der Waals surface area contributed by atoms with Crippen LogP contribution in [0.4, 0.5) is 0 Å². The third-order valence-corrected chi connectivity index (χ3v) is 9.91. The summed E-state index contributed by atoms with van der Waals surface area (Å²) < 4.78 is 2.66. The Labute approximate surface area is 195 Å². The molecular weight excluding hydrogens is 441 g/mol. The first-order valence-corrected chi connectivity index (χ1v) is 13.0. The van der Waals surface area contributed by atoms with Crippen LogP contribution in [0.1, 0.15) is 22.3 Å². The highest BCUT2D eigenvalue weighted by atomic mass is 32.2. The molecule has 0 bridgehead atoms. The molecule has 0 atom stereocenters. The van der Waals surface area contributed by atoms with E-state index in [9.17, 15) is 0 Å². The molecule has 0 spiro atoms. The van der Waals surface area contributed by atoms with Crippen molar-refractivity contribution < 1.29 is 0 Å². The van der Waals surface area contributed by atoms with Gasteiger partial charge in [-0.3, -0.25) is 0 Å². The number of thioether (sulfide) groups is 4. The van der Waals surface area contributed by atoms with Gasteiger partial charge in [0.1, 0.15) is 0 Å². The second kappa shape index (κ2) is 8.80. The van der Waals surface area contributed by atoms with Gasteiger partial charge in [0.05, 0.1) is 4.24 Å². The summed E-state index contributed by atoms with van der Waals surface area (Å²) in [6, 6.07) is 26.4. The number of hydrogen-bond donors (Lipinski definition) is 0. The van der Waals surface area contributed by atoms with Gasteiger partial charge in [-0.05, 0) is 49.3 Å². The molecular formula is C26H20S4. The zero-order chi connectivity index (χ0) is 20.5. The monoisotopic (exact) mass is 460 g/mol. The first-order chi connectivity index (χ1) is 14.7. The third-order valence-electron chi connectivity index (χ3n) is 4.86.